The van der Waals surface area contributed by atoms with Gasteiger partial charge in [-0.2, -0.15) is 0 Å². The van der Waals surface area contributed by atoms with E-state index in [9.17, 15) is 4.79 Å². The van der Waals surface area contributed by atoms with Crippen LogP contribution in [0.5, 0.6) is 0 Å². The van der Waals surface area contributed by atoms with Gasteiger partial charge in [0.05, 0.1) is 16.2 Å². The number of amides is 1. The predicted octanol–water partition coefficient (Wildman–Crippen LogP) is 4.19. The molecule has 3 aromatic rings. The molecule has 1 amide bonds. The van der Waals surface area contributed by atoms with Crippen LogP contribution in [0.15, 0.2) is 48.7 Å². The molecule has 0 aliphatic rings. The predicted molar refractivity (Wildman–Crippen MR) is 84.0 cm³/mol. The van der Waals surface area contributed by atoms with Crippen molar-refractivity contribution < 1.29 is 4.79 Å². The van der Waals surface area contributed by atoms with Crippen LogP contribution in [-0.2, 0) is 0 Å². The highest BCUT2D eigenvalue weighted by Gasteiger charge is 2.11. The minimum atomic E-state index is -0.343. The SMILES string of the molecule is O=C(Nc1ccc(Cl)c2ncccc12)c1cccc(Cl)n1. The van der Waals surface area contributed by atoms with Crippen molar-refractivity contribution in [2.24, 2.45) is 0 Å². The van der Waals surface area contributed by atoms with Crippen LogP contribution in [-0.4, -0.2) is 15.9 Å². The third-order valence-corrected chi connectivity index (χ3v) is 3.43. The molecule has 21 heavy (non-hydrogen) atoms. The Kier molecular flexibility index (Phi) is 3.73. The quantitative estimate of drug-likeness (QED) is 0.721. The van der Waals surface area contributed by atoms with Gasteiger partial charge in [0.25, 0.3) is 5.91 Å². The summed E-state index contributed by atoms with van der Waals surface area (Å²) in [6.07, 6.45) is 1.65. The van der Waals surface area contributed by atoms with E-state index in [1.165, 1.54) is 0 Å². The van der Waals surface area contributed by atoms with Crippen LogP contribution in [0.25, 0.3) is 10.9 Å². The van der Waals surface area contributed by atoms with E-state index >= 15 is 0 Å². The maximum atomic E-state index is 12.2. The van der Waals surface area contributed by atoms with Gasteiger partial charge in [-0.25, -0.2) is 4.98 Å². The van der Waals surface area contributed by atoms with Crippen LogP contribution in [0.1, 0.15) is 10.5 Å². The number of carbonyl (C=O) groups is 1. The summed E-state index contributed by atoms with van der Waals surface area (Å²) in [5.41, 5.74) is 1.50. The molecule has 0 saturated heterocycles. The molecule has 0 atom stereocenters. The van der Waals surface area contributed by atoms with Gasteiger partial charge in [-0.1, -0.05) is 29.3 Å². The molecule has 0 fully saturated rings. The molecule has 4 nitrogen and oxygen atoms in total. The number of carbonyl (C=O) groups excluding carboxylic acids is 1. The highest BCUT2D eigenvalue weighted by molar-refractivity contribution is 6.35. The first-order valence-electron chi connectivity index (χ1n) is 6.12. The number of benzene rings is 1. The summed E-state index contributed by atoms with van der Waals surface area (Å²) in [6, 6.07) is 11.9. The molecule has 0 radical (unpaired) electrons. The van der Waals surface area contributed by atoms with Gasteiger partial charge >= 0.3 is 0 Å². The first-order valence-corrected chi connectivity index (χ1v) is 6.88. The van der Waals surface area contributed by atoms with Crippen molar-refractivity contribution in [3.8, 4) is 0 Å². The third kappa shape index (κ3) is 2.82. The molecule has 0 unspecified atom stereocenters. The summed E-state index contributed by atoms with van der Waals surface area (Å²) < 4.78 is 0. The van der Waals surface area contributed by atoms with E-state index in [4.69, 9.17) is 23.2 Å². The van der Waals surface area contributed by atoms with Crippen LogP contribution in [0.3, 0.4) is 0 Å². The second-order valence-electron chi connectivity index (χ2n) is 4.29. The molecule has 6 heteroatoms. The van der Waals surface area contributed by atoms with E-state index in [0.717, 1.165) is 5.39 Å². The Morgan fingerprint density at radius 3 is 2.71 bits per heavy atom. The van der Waals surface area contributed by atoms with Gasteiger partial charge in [0.1, 0.15) is 10.8 Å². The zero-order chi connectivity index (χ0) is 14.8. The molecular weight excluding hydrogens is 309 g/mol. The van der Waals surface area contributed by atoms with Gasteiger partial charge in [0.2, 0.25) is 0 Å². The van der Waals surface area contributed by atoms with Crippen LogP contribution in [0.4, 0.5) is 5.69 Å². The summed E-state index contributed by atoms with van der Waals surface area (Å²) in [5, 5.41) is 4.36. The normalized spacial score (nSPS) is 10.6. The van der Waals surface area contributed by atoms with Crippen molar-refractivity contribution in [2.75, 3.05) is 5.32 Å². The van der Waals surface area contributed by atoms with Crippen LogP contribution in [0.2, 0.25) is 10.2 Å². The van der Waals surface area contributed by atoms with Gasteiger partial charge in [0, 0.05) is 11.6 Å². The minimum absolute atomic E-state index is 0.245. The van der Waals surface area contributed by atoms with E-state index in [2.05, 4.69) is 15.3 Å². The fraction of sp³-hybridized carbons (Fsp3) is 0. The van der Waals surface area contributed by atoms with Crippen molar-refractivity contribution in [1.82, 2.24) is 9.97 Å². The molecular formula is C15H9Cl2N3O. The largest absolute Gasteiger partial charge is 0.320 e. The van der Waals surface area contributed by atoms with E-state index in [-0.39, 0.29) is 16.8 Å². The smallest absolute Gasteiger partial charge is 0.274 e. The molecule has 0 aliphatic heterocycles. The van der Waals surface area contributed by atoms with Crippen molar-refractivity contribution in [1.29, 1.82) is 0 Å². The Balaban J connectivity index is 1.99. The lowest BCUT2D eigenvalue weighted by atomic mass is 10.1. The van der Waals surface area contributed by atoms with Gasteiger partial charge in [-0.15, -0.1) is 0 Å². The van der Waals surface area contributed by atoms with Crippen molar-refractivity contribution in [3.63, 3.8) is 0 Å². The summed E-state index contributed by atoms with van der Waals surface area (Å²) >= 11 is 11.9. The minimum Gasteiger partial charge on any atom is -0.320 e. The molecule has 0 saturated carbocycles. The average Bonchev–Trinajstić information content (AvgIpc) is 2.50. The van der Waals surface area contributed by atoms with Crippen LogP contribution >= 0.6 is 23.2 Å². The van der Waals surface area contributed by atoms with E-state index in [1.54, 1.807) is 42.6 Å². The molecule has 0 bridgehead atoms. The molecule has 1 aromatic carbocycles. The Labute approximate surface area is 130 Å². The number of halogens is 2. The number of nitrogens with one attached hydrogen (secondary N) is 1. The lowest BCUT2D eigenvalue weighted by Gasteiger charge is -2.09. The zero-order valence-corrected chi connectivity index (χ0v) is 12.2. The van der Waals surface area contributed by atoms with Crippen LogP contribution in [0, 0.1) is 0 Å². The maximum Gasteiger partial charge on any atom is 0.274 e. The monoisotopic (exact) mass is 317 g/mol. The number of anilines is 1. The van der Waals surface area contributed by atoms with Gasteiger partial charge in [-0.3, -0.25) is 9.78 Å². The Morgan fingerprint density at radius 1 is 1.05 bits per heavy atom. The van der Waals surface area contributed by atoms with Crippen molar-refractivity contribution in [3.05, 3.63) is 64.5 Å². The first kappa shape index (κ1) is 13.8. The number of aromatic nitrogens is 2. The number of nitrogens with zero attached hydrogens (tertiary/aromatic N) is 2. The molecule has 2 aromatic heterocycles. The van der Waals surface area contributed by atoms with Gasteiger partial charge < -0.3 is 5.32 Å². The Hall–Kier alpha value is -2.17. The third-order valence-electron chi connectivity index (χ3n) is 2.92. The van der Waals surface area contributed by atoms with Crippen molar-refractivity contribution >= 4 is 45.7 Å². The first-order chi connectivity index (χ1) is 10.1. The summed E-state index contributed by atoms with van der Waals surface area (Å²) in [7, 11) is 0. The average molecular weight is 318 g/mol. The van der Waals surface area contributed by atoms with E-state index < -0.39 is 0 Å². The Bertz CT molecular complexity index is 836. The molecule has 0 aliphatic carbocycles. The van der Waals surface area contributed by atoms with Crippen molar-refractivity contribution in [2.45, 2.75) is 0 Å². The number of pyridine rings is 2. The molecule has 3 rings (SSSR count). The molecule has 1 N–H and O–H groups in total. The lowest BCUT2D eigenvalue weighted by Crippen LogP contribution is -2.13. The molecule has 0 spiro atoms. The van der Waals surface area contributed by atoms with Gasteiger partial charge in [0.15, 0.2) is 0 Å². The summed E-state index contributed by atoms with van der Waals surface area (Å²) in [4.78, 5) is 20.4. The Morgan fingerprint density at radius 2 is 1.90 bits per heavy atom. The summed E-state index contributed by atoms with van der Waals surface area (Å²) in [6.45, 7) is 0. The highest BCUT2D eigenvalue weighted by atomic mass is 35.5. The fourth-order valence-electron chi connectivity index (χ4n) is 1.97. The standard InChI is InChI=1S/C15H9Cl2N3O/c16-10-6-7-11(9-3-2-8-18-14(9)10)20-15(21)12-4-1-5-13(17)19-12/h1-8H,(H,20,21). The fourth-order valence-corrected chi connectivity index (χ4v) is 2.35. The zero-order valence-electron chi connectivity index (χ0n) is 10.7. The number of fused-ring (bicyclic) bond motifs is 1. The molecule has 104 valence electrons. The topological polar surface area (TPSA) is 54.9 Å². The lowest BCUT2D eigenvalue weighted by molar-refractivity contribution is 0.102. The van der Waals surface area contributed by atoms with Crippen LogP contribution < -0.4 is 5.32 Å². The maximum absolute atomic E-state index is 12.2. The molecule has 2 heterocycles. The van der Waals surface area contributed by atoms with Gasteiger partial charge in [-0.05, 0) is 36.4 Å². The second-order valence-corrected chi connectivity index (χ2v) is 5.09. The van der Waals surface area contributed by atoms with E-state index in [1.807, 2.05) is 6.07 Å². The van der Waals surface area contributed by atoms with E-state index in [0.29, 0.717) is 16.2 Å². The number of rotatable bonds is 2. The summed E-state index contributed by atoms with van der Waals surface area (Å²) in [5.74, 6) is -0.343. The second kappa shape index (κ2) is 5.68. The number of hydrogen-bond donors (Lipinski definition) is 1. The number of hydrogen-bond acceptors (Lipinski definition) is 3. The highest BCUT2D eigenvalue weighted by Crippen LogP contribution is 2.28.